The Hall–Kier alpha value is -1.46. The van der Waals surface area contributed by atoms with Crippen LogP contribution in [0.5, 0.6) is 11.5 Å². The van der Waals surface area contributed by atoms with Gasteiger partial charge in [-0.15, -0.1) is 0 Å². The number of benzene rings is 1. The third-order valence-corrected chi connectivity index (χ3v) is 3.08. The number of nitrogens with two attached hydrogens (primary N) is 1. The number of ether oxygens (including phenoxy) is 2. The van der Waals surface area contributed by atoms with E-state index in [9.17, 15) is 4.79 Å². The lowest BCUT2D eigenvalue weighted by Gasteiger charge is -2.14. The van der Waals surface area contributed by atoms with E-state index in [2.05, 4.69) is 5.32 Å². The molecule has 0 fully saturated rings. The predicted molar refractivity (Wildman–Crippen MR) is 79.6 cm³/mol. The zero-order chi connectivity index (χ0) is 15.0. The molecule has 0 radical (unpaired) electrons. The summed E-state index contributed by atoms with van der Waals surface area (Å²) >= 11 is 6.19. The Morgan fingerprint density at radius 1 is 1.45 bits per heavy atom. The second kappa shape index (κ2) is 8.66. The van der Waals surface area contributed by atoms with Crippen LogP contribution in [0.2, 0.25) is 5.02 Å². The molecule has 0 saturated carbocycles. The van der Waals surface area contributed by atoms with Crippen molar-refractivity contribution in [1.82, 2.24) is 5.32 Å². The number of halogens is 1. The Kier molecular flexibility index (Phi) is 7.18. The maximum Gasteiger partial charge on any atom is 0.219 e. The van der Waals surface area contributed by atoms with Gasteiger partial charge in [0.1, 0.15) is 0 Å². The molecule has 3 N–H and O–H groups in total. The van der Waals surface area contributed by atoms with Crippen molar-refractivity contribution in [3.05, 3.63) is 22.7 Å². The number of carbonyl (C=O) groups excluding carboxylic acids is 1. The molecule has 0 aliphatic carbocycles. The monoisotopic (exact) mass is 300 g/mol. The average Bonchev–Trinajstić information content (AvgIpc) is 2.44. The van der Waals surface area contributed by atoms with Gasteiger partial charge >= 0.3 is 0 Å². The second-order valence-corrected chi connectivity index (χ2v) is 4.68. The normalized spacial score (nSPS) is 10.2. The zero-order valence-corrected chi connectivity index (χ0v) is 12.6. The Morgan fingerprint density at radius 3 is 2.80 bits per heavy atom. The molecular formula is C14H21ClN2O3. The molecule has 20 heavy (non-hydrogen) atoms. The number of carbonyl (C=O) groups is 1. The van der Waals surface area contributed by atoms with Gasteiger partial charge in [-0.05, 0) is 37.1 Å². The summed E-state index contributed by atoms with van der Waals surface area (Å²) in [5.41, 5.74) is 6.53. The number of amides is 1. The SMILES string of the molecule is CNC(=O)CCCOc1c(Cl)cc(CCN)cc1OC. The summed E-state index contributed by atoms with van der Waals surface area (Å²) < 4.78 is 10.9. The first-order valence-corrected chi connectivity index (χ1v) is 6.90. The largest absolute Gasteiger partial charge is 0.493 e. The molecule has 0 saturated heterocycles. The standard InChI is InChI=1S/C14H21ClN2O3/c1-17-13(18)4-3-7-20-14-11(15)8-10(5-6-16)9-12(14)19-2/h8-9H,3-7,16H2,1-2H3,(H,17,18). The van der Waals surface area contributed by atoms with Crippen molar-refractivity contribution >= 4 is 17.5 Å². The molecule has 0 unspecified atom stereocenters. The van der Waals surface area contributed by atoms with Crippen molar-refractivity contribution in [2.75, 3.05) is 27.3 Å². The fourth-order valence-corrected chi connectivity index (χ4v) is 2.04. The molecule has 0 aliphatic heterocycles. The van der Waals surface area contributed by atoms with Crippen molar-refractivity contribution in [2.24, 2.45) is 5.73 Å². The predicted octanol–water partition coefficient (Wildman–Crippen LogP) is 1.75. The van der Waals surface area contributed by atoms with Gasteiger partial charge < -0.3 is 20.5 Å². The molecule has 0 aromatic heterocycles. The Bertz CT molecular complexity index is 452. The summed E-state index contributed by atoms with van der Waals surface area (Å²) in [7, 11) is 3.18. The maximum absolute atomic E-state index is 11.1. The quantitative estimate of drug-likeness (QED) is 0.717. The van der Waals surface area contributed by atoms with E-state index in [1.54, 1.807) is 14.2 Å². The van der Waals surface area contributed by atoms with E-state index in [1.807, 2.05) is 12.1 Å². The summed E-state index contributed by atoms with van der Waals surface area (Å²) in [6.45, 7) is 0.950. The molecule has 0 aliphatic rings. The van der Waals surface area contributed by atoms with Crippen molar-refractivity contribution in [3.63, 3.8) is 0 Å². The van der Waals surface area contributed by atoms with Crippen LogP contribution in [0.15, 0.2) is 12.1 Å². The first-order valence-electron chi connectivity index (χ1n) is 6.52. The smallest absolute Gasteiger partial charge is 0.219 e. The highest BCUT2D eigenvalue weighted by Crippen LogP contribution is 2.36. The van der Waals surface area contributed by atoms with Gasteiger partial charge in [0.25, 0.3) is 0 Å². The summed E-state index contributed by atoms with van der Waals surface area (Å²) in [5.74, 6) is 1.08. The fourth-order valence-electron chi connectivity index (χ4n) is 1.76. The fraction of sp³-hybridized carbons (Fsp3) is 0.500. The van der Waals surface area contributed by atoms with Crippen LogP contribution in [-0.2, 0) is 11.2 Å². The lowest BCUT2D eigenvalue weighted by atomic mass is 10.1. The Balaban J connectivity index is 2.66. The number of nitrogens with one attached hydrogen (secondary N) is 1. The van der Waals surface area contributed by atoms with Gasteiger partial charge in [0, 0.05) is 13.5 Å². The molecule has 0 bridgehead atoms. The van der Waals surface area contributed by atoms with Gasteiger partial charge in [0.05, 0.1) is 18.7 Å². The van der Waals surface area contributed by atoms with Gasteiger partial charge in [-0.25, -0.2) is 0 Å². The van der Waals surface area contributed by atoms with E-state index in [-0.39, 0.29) is 5.91 Å². The van der Waals surface area contributed by atoms with Crippen LogP contribution in [-0.4, -0.2) is 33.2 Å². The highest BCUT2D eigenvalue weighted by Gasteiger charge is 2.12. The molecule has 0 atom stereocenters. The third kappa shape index (κ3) is 4.90. The minimum absolute atomic E-state index is 0.00930. The first kappa shape index (κ1) is 16.6. The van der Waals surface area contributed by atoms with Crippen LogP contribution in [0.3, 0.4) is 0 Å². The van der Waals surface area contributed by atoms with E-state index in [0.717, 1.165) is 12.0 Å². The first-order chi connectivity index (χ1) is 9.62. The molecule has 1 amide bonds. The van der Waals surface area contributed by atoms with Gasteiger partial charge in [0.2, 0.25) is 5.91 Å². The molecule has 6 heteroatoms. The molecule has 0 heterocycles. The second-order valence-electron chi connectivity index (χ2n) is 4.27. The Labute approximate surface area is 124 Å². The summed E-state index contributed by atoms with van der Waals surface area (Å²) in [4.78, 5) is 11.1. The number of hydrogen-bond acceptors (Lipinski definition) is 4. The van der Waals surface area contributed by atoms with E-state index in [0.29, 0.717) is 42.5 Å². The molecule has 5 nitrogen and oxygen atoms in total. The summed E-state index contributed by atoms with van der Waals surface area (Å²) in [6, 6.07) is 3.69. The van der Waals surface area contributed by atoms with Crippen molar-refractivity contribution in [2.45, 2.75) is 19.3 Å². The molecule has 112 valence electrons. The molecular weight excluding hydrogens is 280 g/mol. The lowest BCUT2D eigenvalue weighted by Crippen LogP contribution is -2.18. The molecule has 1 aromatic carbocycles. The highest BCUT2D eigenvalue weighted by molar-refractivity contribution is 6.32. The van der Waals surface area contributed by atoms with Gasteiger partial charge in [-0.2, -0.15) is 0 Å². The van der Waals surface area contributed by atoms with Crippen LogP contribution in [0, 0.1) is 0 Å². The molecule has 1 rings (SSSR count). The van der Waals surface area contributed by atoms with Crippen molar-refractivity contribution < 1.29 is 14.3 Å². The minimum Gasteiger partial charge on any atom is -0.493 e. The maximum atomic E-state index is 11.1. The van der Waals surface area contributed by atoms with Crippen LogP contribution >= 0.6 is 11.6 Å². The number of hydrogen-bond donors (Lipinski definition) is 2. The average molecular weight is 301 g/mol. The topological polar surface area (TPSA) is 73.6 Å². The zero-order valence-electron chi connectivity index (χ0n) is 11.9. The van der Waals surface area contributed by atoms with Gasteiger partial charge in [0.15, 0.2) is 11.5 Å². The van der Waals surface area contributed by atoms with E-state index < -0.39 is 0 Å². The van der Waals surface area contributed by atoms with Gasteiger partial charge in [-0.1, -0.05) is 11.6 Å². The van der Waals surface area contributed by atoms with Gasteiger partial charge in [-0.3, -0.25) is 4.79 Å². The third-order valence-electron chi connectivity index (χ3n) is 2.80. The number of methoxy groups -OCH3 is 1. The molecule has 1 aromatic rings. The van der Waals surface area contributed by atoms with Crippen molar-refractivity contribution in [3.8, 4) is 11.5 Å². The van der Waals surface area contributed by atoms with E-state index in [4.69, 9.17) is 26.8 Å². The number of rotatable bonds is 8. The highest BCUT2D eigenvalue weighted by atomic mass is 35.5. The van der Waals surface area contributed by atoms with Crippen LogP contribution < -0.4 is 20.5 Å². The summed E-state index contributed by atoms with van der Waals surface area (Å²) in [6.07, 6.45) is 1.76. The van der Waals surface area contributed by atoms with Crippen LogP contribution in [0.1, 0.15) is 18.4 Å². The van der Waals surface area contributed by atoms with E-state index >= 15 is 0 Å². The molecule has 0 spiro atoms. The van der Waals surface area contributed by atoms with E-state index in [1.165, 1.54) is 0 Å². The Morgan fingerprint density at radius 2 is 2.20 bits per heavy atom. The van der Waals surface area contributed by atoms with Crippen LogP contribution in [0.4, 0.5) is 0 Å². The lowest BCUT2D eigenvalue weighted by molar-refractivity contribution is -0.120. The van der Waals surface area contributed by atoms with Crippen LogP contribution in [0.25, 0.3) is 0 Å². The minimum atomic E-state index is -0.00930. The summed E-state index contributed by atoms with van der Waals surface area (Å²) in [5, 5.41) is 3.06. The van der Waals surface area contributed by atoms with Crippen molar-refractivity contribution in [1.29, 1.82) is 0 Å².